The maximum Gasteiger partial charge on any atom is 0.166 e. The maximum absolute atomic E-state index is 14.8. The number of carbonyl (C=O) groups excluding carboxylic acids is 2. The molecule has 0 bridgehead atoms. The lowest BCUT2D eigenvalue weighted by molar-refractivity contribution is -0.126. The van der Waals surface area contributed by atoms with Crippen molar-refractivity contribution in [3.8, 4) is 23.3 Å². The van der Waals surface area contributed by atoms with Gasteiger partial charge in [0.1, 0.15) is 23.1 Å². The molecule has 0 amide bonds. The van der Waals surface area contributed by atoms with Crippen molar-refractivity contribution in [2.45, 2.75) is 19.3 Å². The Labute approximate surface area is 217 Å². The van der Waals surface area contributed by atoms with Gasteiger partial charge in [-0.05, 0) is 49.5 Å². The number of ketones is 2. The molecule has 188 valence electrons. The molecule has 0 radical (unpaired) electrons. The number of thiophene rings is 1. The van der Waals surface area contributed by atoms with Gasteiger partial charge in [0.15, 0.2) is 11.6 Å². The fourth-order valence-corrected chi connectivity index (χ4v) is 4.56. The third-order valence-corrected chi connectivity index (χ3v) is 6.39. The van der Waals surface area contributed by atoms with Gasteiger partial charge in [-0.25, -0.2) is 8.78 Å². The maximum atomic E-state index is 14.8. The number of pyridine rings is 1. The Bertz CT molecular complexity index is 1520. The molecule has 8 heteroatoms. The Morgan fingerprint density at radius 1 is 0.973 bits per heavy atom. The summed E-state index contributed by atoms with van der Waals surface area (Å²) in [5, 5.41) is 0. The molecule has 37 heavy (non-hydrogen) atoms. The second-order valence-electron chi connectivity index (χ2n) is 8.74. The molecule has 0 N–H and O–H groups in total. The summed E-state index contributed by atoms with van der Waals surface area (Å²) in [4.78, 5) is 31.7. The number of nitrogens with zero attached hydrogens (tertiary/aromatic N) is 2. The number of aromatic nitrogens is 1. The topological polar surface area (TPSA) is 59.5 Å². The lowest BCUT2D eigenvalue weighted by Crippen LogP contribution is -2.13. The summed E-state index contributed by atoms with van der Waals surface area (Å²) < 4.78 is 35.2. The standard InChI is InChI=1S/C29H24F2N2O3S/c1-33(2)13-5-7-23-18-26-29(37-23)28(11-12-32-26)36-27-10-9-19(15-25(27)31)14-21(34)17-22(35)16-20-6-3-4-8-24(20)30/h3-4,6,8-12,15,18H,13-14,16-17H2,1-2H3. The third kappa shape index (κ3) is 7.06. The first kappa shape index (κ1) is 26.1. The Kier molecular flexibility index (Phi) is 8.39. The van der Waals surface area contributed by atoms with Crippen molar-refractivity contribution in [2.75, 3.05) is 20.6 Å². The van der Waals surface area contributed by atoms with E-state index in [0.29, 0.717) is 23.4 Å². The highest BCUT2D eigenvalue weighted by molar-refractivity contribution is 7.19. The first-order valence-corrected chi connectivity index (χ1v) is 12.4. The van der Waals surface area contributed by atoms with Gasteiger partial charge in [-0.1, -0.05) is 36.1 Å². The van der Waals surface area contributed by atoms with E-state index in [-0.39, 0.29) is 42.1 Å². The van der Waals surface area contributed by atoms with Crippen molar-refractivity contribution in [3.63, 3.8) is 0 Å². The molecule has 0 aliphatic heterocycles. The monoisotopic (exact) mass is 518 g/mol. The molecule has 0 unspecified atom stereocenters. The van der Waals surface area contributed by atoms with E-state index < -0.39 is 11.6 Å². The Balaban J connectivity index is 1.41. The lowest BCUT2D eigenvalue weighted by Gasteiger charge is -2.09. The highest BCUT2D eigenvalue weighted by atomic mass is 32.1. The van der Waals surface area contributed by atoms with E-state index in [9.17, 15) is 18.4 Å². The highest BCUT2D eigenvalue weighted by Gasteiger charge is 2.16. The van der Waals surface area contributed by atoms with E-state index in [2.05, 4.69) is 16.8 Å². The van der Waals surface area contributed by atoms with E-state index in [4.69, 9.17) is 4.74 Å². The van der Waals surface area contributed by atoms with Gasteiger partial charge in [0, 0.05) is 25.1 Å². The van der Waals surface area contributed by atoms with Gasteiger partial charge in [-0.3, -0.25) is 19.5 Å². The van der Waals surface area contributed by atoms with Crippen LogP contribution in [0, 0.1) is 23.5 Å². The fourth-order valence-electron chi connectivity index (χ4n) is 3.62. The van der Waals surface area contributed by atoms with Crippen molar-refractivity contribution < 1.29 is 23.1 Å². The number of benzene rings is 2. The van der Waals surface area contributed by atoms with E-state index in [0.717, 1.165) is 9.58 Å². The van der Waals surface area contributed by atoms with E-state index >= 15 is 0 Å². The van der Waals surface area contributed by atoms with Crippen LogP contribution < -0.4 is 4.74 Å². The van der Waals surface area contributed by atoms with Crippen LogP contribution >= 0.6 is 11.3 Å². The van der Waals surface area contributed by atoms with Crippen LogP contribution in [0.4, 0.5) is 8.78 Å². The number of halogens is 2. The minimum atomic E-state index is -0.629. The zero-order chi connectivity index (χ0) is 26.4. The molecule has 0 atom stereocenters. The molecule has 0 saturated carbocycles. The summed E-state index contributed by atoms with van der Waals surface area (Å²) >= 11 is 1.42. The van der Waals surface area contributed by atoms with Crippen LogP contribution in [0.5, 0.6) is 11.5 Å². The minimum absolute atomic E-state index is 0.00738. The van der Waals surface area contributed by atoms with E-state index in [1.807, 2.05) is 25.1 Å². The van der Waals surface area contributed by atoms with Crippen LogP contribution in [0.2, 0.25) is 0 Å². The van der Waals surface area contributed by atoms with Crippen LogP contribution in [0.15, 0.2) is 60.8 Å². The molecule has 5 nitrogen and oxygen atoms in total. The number of fused-ring (bicyclic) bond motifs is 1. The number of carbonyl (C=O) groups is 2. The molecule has 0 spiro atoms. The second kappa shape index (κ2) is 11.9. The molecule has 4 rings (SSSR count). The van der Waals surface area contributed by atoms with Crippen LogP contribution in [-0.2, 0) is 22.4 Å². The molecule has 0 aliphatic carbocycles. The summed E-state index contributed by atoms with van der Waals surface area (Å²) in [5.41, 5.74) is 1.37. The average molecular weight is 519 g/mol. The van der Waals surface area contributed by atoms with Crippen LogP contribution in [-0.4, -0.2) is 42.1 Å². The molecule has 4 aromatic rings. The molecule has 2 aromatic carbocycles. The van der Waals surface area contributed by atoms with Crippen LogP contribution in [0.1, 0.15) is 22.4 Å². The largest absolute Gasteiger partial charge is 0.453 e. The Morgan fingerprint density at radius 2 is 1.76 bits per heavy atom. The molecule has 0 saturated heterocycles. The highest BCUT2D eigenvalue weighted by Crippen LogP contribution is 2.35. The van der Waals surface area contributed by atoms with E-state index in [1.54, 1.807) is 24.4 Å². The second-order valence-corrected chi connectivity index (χ2v) is 9.79. The number of rotatable bonds is 9. The van der Waals surface area contributed by atoms with Crippen molar-refractivity contribution >= 4 is 33.1 Å². The van der Waals surface area contributed by atoms with Gasteiger partial charge in [0.2, 0.25) is 0 Å². The van der Waals surface area contributed by atoms with Gasteiger partial charge >= 0.3 is 0 Å². The van der Waals surface area contributed by atoms with Crippen molar-refractivity contribution in [3.05, 3.63) is 88.4 Å². The SMILES string of the molecule is CN(C)CC#Cc1cc2nccc(Oc3ccc(CC(=O)CC(=O)Cc4ccccc4F)cc3F)c2s1. The summed E-state index contributed by atoms with van der Waals surface area (Å²) in [5.74, 6) is 4.78. The summed E-state index contributed by atoms with van der Waals surface area (Å²) in [6, 6.07) is 13.7. The fraction of sp³-hybridized carbons (Fsp3) is 0.207. The smallest absolute Gasteiger partial charge is 0.166 e. The van der Waals surface area contributed by atoms with Crippen molar-refractivity contribution in [1.29, 1.82) is 0 Å². The van der Waals surface area contributed by atoms with Crippen molar-refractivity contribution in [2.24, 2.45) is 0 Å². The number of ether oxygens (including phenoxy) is 1. The predicted molar refractivity (Wildman–Crippen MR) is 140 cm³/mol. The molecule has 2 heterocycles. The molecule has 0 aliphatic rings. The Hall–Kier alpha value is -3.93. The lowest BCUT2D eigenvalue weighted by atomic mass is 10.0. The number of Topliss-reactive ketones (excluding diaryl/α,β-unsaturated/α-hetero) is 2. The predicted octanol–water partition coefficient (Wildman–Crippen LogP) is 5.59. The molecule has 2 aromatic heterocycles. The average Bonchev–Trinajstić information content (AvgIpc) is 3.26. The van der Waals surface area contributed by atoms with Crippen LogP contribution in [0.25, 0.3) is 10.2 Å². The first-order chi connectivity index (χ1) is 17.8. The zero-order valence-electron chi connectivity index (χ0n) is 20.4. The van der Waals surface area contributed by atoms with Gasteiger partial charge < -0.3 is 4.74 Å². The van der Waals surface area contributed by atoms with Gasteiger partial charge in [0.25, 0.3) is 0 Å². The molecule has 0 fully saturated rings. The summed E-state index contributed by atoms with van der Waals surface area (Å²) in [6.45, 7) is 0.630. The third-order valence-electron chi connectivity index (χ3n) is 5.34. The molecular weight excluding hydrogens is 494 g/mol. The Morgan fingerprint density at radius 3 is 2.51 bits per heavy atom. The normalized spacial score (nSPS) is 10.8. The summed E-state index contributed by atoms with van der Waals surface area (Å²) in [7, 11) is 3.88. The summed E-state index contributed by atoms with van der Waals surface area (Å²) in [6.07, 6.45) is 0.970. The van der Waals surface area contributed by atoms with Gasteiger partial charge in [0.05, 0.1) is 28.1 Å². The molecular formula is C29H24F2N2O3S. The minimum Gasteiger partial charge on any atom is -0.453 e. The van der Waals surface area contributed by atoms with Crippen LogP contribution in [0.3, 0.4) is 0 Å². The zero-order valence-corrected chi connectivity index (χ0v) is 21.2. The quantitative estimate of drug-likeness (QED) is 0.213. The van der Waals surface area contributed by atoms with Crippen molar-refractivity contribution in [1.82, 2.24) is 9.88 Å². The van der Waals surface area contributed by atoms with Gasteiger partial charge in [-0.2, -0.15) is 0 Å². The number of hydrogen-bond acceptors (Lipinski definition) is 6. The van der Waals surface area contributed by atoms with Gasteiger partial charge in [-0.15, -0.1) is 11.3 Å². The van der Waals surface area contributed by atoms with E-state index in [1.165, 1.54) is 41.7 Å². The number of hydrogen-bond donors (Lipinski definition) is 0. The first-order valence-electron chi connectivity index (χ1n) is 11.5.